The fraction of sp³-hybridized carbons (Fsp3) is 0.312. The summed E-state index contributed by atoms with van der Waals surface area (Å²) in [5.74, 6) is 1.77. The number of para-hydroxylation sites is 1. The standard InChI is InChI=1S/C16H17NO/c1-11(2)7-8-12-9-14-13-5-3-4-6-15(13)17-10-16(14)18-12/h3-6,9-11H,7-8H2,1-2H3. The first kappa shape index (κ1) is 11.3. The van der Waals surface area contributed by atoms with Crippen LogP contribution >= 0.6 is 0 Å². The quantitative estimate of drug-likeness (QED) is 0.669. The van der Waals surface area contributed by atoms with E-state index in [1.54, 1.807) is 0 Å². The molecule has 2 aromatic heterocycles. The molecule has 0 aliphatic rings. The molecule has 1 aromatic carbocycles. The van der Waals surface area contributed by atoms with E-state index in [1.165, 1.54) is 10.8 Å². The van der Waals surface area contributed by atoms with Crippen LogP contribution in [0.15, 0.2) is 40.9 Å². The Bertz CT molecular complexity index is 682. The molecule has 0 fully saturated rings. The average Bonchev–Trinajstić information content (AvgIpc) is 2.79. The van der Waals surface area contributed by atoms with E-state index in [9.17, 15) is 0 Å². The van der Waals surface area contributed by atoms with E-state index in [4.69, 9.17) is 4.42 Å². The molecule has 0 N–H and O–H groups in total. The number of nitrogens with zero attached hydrogens (tertiary/aromatic N) is 1. The van der Waals surface area contributed by atoms with Crippen LogP contribution in [0.4, 0.5) is 0 Å². The molecule has 0 atom stereocenters. The minimum atomic E-state index is 0.702. The zero-order valence-corrected chi connectivity index (χ0v) is 10.8. The van der Waals surface area contributed by atoms with E-state index in [0.717, 1.165) is 29.7 Å². The molecule has 92 valence electrons. The Morgan fingerprint density at radius 1 is 1.17 bits per heavy atom. The monoisotopic (exact) mass is 239 g/mol. The summed E-state index contributed by atoms with van der Waals surface area (Å²) in [6.07, 6.45) is 3.99. The maximum atomic E-state index is 5.86. The summed E-state index contributed by atoms with van der Waals surface area (Å²) in [5, 5.41) is 2.36. The van der Waals surface area contributed by atoms with Gasteiger partial charge in [0, 0.05) is 17.2 Å². The Balaban J connectivity index is 2.08. The third-order valence-electron chi connectivity index (χ3n) is 3.30. The van der Waals surface area contributed by atoms with Gasteiger partial charge in [-0.1, -0.05) is 32.0 Å². The molecule has 2 heteroatoms. The van der Waals surface area contributed by atoms with Crippen molar-refractivity contribution in [2.45, 2.75) is 26.7 Å². The van der Waals surface area contributed by atoms with Crippen LogP contribution in [-0.2, 0) is 6.42 Å². The summed E-state index contributed by atoms with van der Waals surface area (Å²) in [6.45, 7) is 4.47. The number of furan rings is 1. The molecule has 0 amide bonds. The van der Waals surface area contributed by atoms with E-state index >= 15 is 0 Å². The van der Waals surface area contributed by atoms with Gasteiger partial charge in [-0.2, -0.15) is 0 Å². The van der Waals surface area contributed by atoms with Crippen LogP contribution in [0.2, 0.25) is 0 Å². The predicted molar refractivity (Wildman–Crippen MR) is 74.7 cm³/mol. The summed E-state index contributed by atoms with van der Waals surface area (Å²) < 4.78 is 5.86. The van der Waals surface area contributed by atoms with E-state index < -0.39 is 0 Å². The van der Waals surface area contributed by atoms with Crippen LogP contribution in [0.5, 0.6) is 0 Å². The lowest BCUT2D eigenvalue weighted by molar-refractivity contribution is 0.499. The first-order valence-electron chi connectivity index (χ1n) is 6.50. The highest BCUT2D eigenvalue weighted by atomic mass is 16.3. The van der Waals surface area contributed by atoms with Crippen molar-refractivity contribution in [2.24, 2.45) is 5.92 Å². The number of aryl methyl sites for hydroxylation is 1. The Labute approximate surface area is 107 Å². The summed E-state index contributed by atoms with van der Waals surface area (Å²) in [4.78, 5) is 4.42. The molecule has 0 unspecified atom stereocenters. The van der Waals surface area contributed by atoms with Crippen LogP contribution in [-0.4, -0.2) is 4.98 Å². The zero-order chi connectivity index (χ0) is 12.5. The molecule has 2 nitrogen and oxygen atoms in total. The Kier molecular flexibility index (Phi) is 2.78. The van der Waals surface area contributed by atoms with Crippen molar-refractivity contribution in [2.75, 3.05) is 0 Å². The van der Waals surface area contributed by atoms with Gasteiger partial charge in [-0.25, -0.2) is 0 Å². The first-order chi connectivity index (χ1) is 8.74. The smallest absolute Gasteiger partial charge is 0.153 e. The molecule has 3 rings (SSSR count). The number of rotatable bonds is 3. The van der Waals surface area contributed by atoms with Crippen molar-refractivity contribution in [3.63, 3.8) is 0 Å². The molecular weight excluding hydrogens is 222 g/mol. The molecule has 3 aromatic rings. The second-order valence-corrected chi connectivity index (χ2v) is 5.20. The number of hydrogen-bond acceptors (Lipinski definition) is 2. The Hall–Kier alpha value is -1.83. The van der Waals surface area contributed by atoms with Gasteiger partial charge in [0.1, 0.15) is 5.76 Å². The van der Waals surface area contributed by atoms with Gasteiger partial charge >= 0.3 is 0 Å². The number of fused-ring (bicyclic) bond motifs is 3. The normalized spacial score (nSPS) is 11.7. The number of benzene rings is 1. The highest BCUT2D eigenvalue weighted by molar-refractivity contribution is 6.03. The fourth-order valence-corrected chi connectivity index (χ4v) is 2.26. The van der Waals surface area contributed by atoms with Crippen LogP contribution in [0, 0.1) is 5.92 Å². The minimum Gasteiger partial charge on any atom is -0.459 e. The van der Waals surface area contributed by atoms with Gasteiger partial charge in [-0.05, 0) is 24.5 Å². The molecule has 2 heterocycles. The van der Waals surface area contributed by atoms with Crippen LogP contribution in [0.25, 0.3) is 21.9 Å². The van der Waals surface area contributed by atoms with Gasteiger partial charge in [-0.3, -0.25) is 4.98 Å². The van der Waals surface area contributed by atoms with Crippen LogP contribution < -0.4 is 0 Å². The average molecular weight is 239 g/mol. The topological polar surface area (TPSA) is 26.0 Å². The van der Waals surface area contributed by atoms with Crippen molar-refractivity contribution in [1.82, 2.24) is 4.98 Å². The van der Waals surface area contributed by atoms with Gasteiger partial charge < -0.3 is 4.42 Å². The molecule has 0 aliphatic heterocycles. The SMILES string of the molecule is CC(C)CCc1cc2c(cnc3ccccc32)o1. The molecule has 0 spiro atoms. The molecule has 0 bridgehead atoms. The molecule has 0 saturated carbocycles. The second-order valence-electron chi connectivity index (χ2n) is 5.20. The predicted octanol–water partition coefficient (Wildman–Crippen LogP) is 4.57. The van der Waals surface area contributed by atoms with Gasteiger partial charge in [0.2, 0.25) is 0 Å². The van der Waals surface area contributed by atoms with Gasteiger partial charge in [0.15, 0.2) is 5.58 Å². The van der Waals surface area contributed by atoms with E-state index in [2.05, 4.69) is 31.0 Å². The fourth-order valence-electron chi connectivity index (χ4n) is 2.26. The Morgan fingerprint density at radius 2 is 2.00 bits per heavy atom. The van der Waals surface area contributed by atoms with Gasteiger partial charge in [0.25, 0.3) is 0 Å². The van der Waals surface area contributed by atoms with Crippen molar-refractivity contribution in [3.05, 3.63) is 42.3 Å². The highest BCUT2D eigenvalue weighted by Gasteiger charge is 2.08. The minimum absolute atomic E-state index is 0.702. The first-order valence-corrected chi connectivity index (χ1v) is 6.50. The third-order valence-corrected chi connectivity index (χ3v) is 3.30. The third kappa shape index (κ3) is 1.99. The molecular formula is C16H17NO. The maximum absolute atomic E-state index is 5.86. The van der Waals surface area contributed by atoms with Crippen molar-refractivity contribution >= 4 is 21.9 Å². The largest absolute Gasteiger partial charge is 0.459 e. The van der Waals surface area contributed by atoms with E-state index in [1.807, 2.05) is 24.4 Å². The lowest BCUT2D eigenvalue weighted by Crippen LogP contribution is -1.89. The highest BCUT2D eigenvalue weighted by Crippen LogP contribution is 2.27. The summed E-state index contributed by atoms with van der Waals surface area (Å²) in [5.41, 5.74) is 1.92. The lowest BCUT2D eigenvalue weighted by atomic mass is 10.1. The van der Waals surface area contributed by atoms with E-state index in [0.29, 0.717) is 5.92 Å². The van der Waals surface area contributed by atoms with Crippen molar-refractivity contribution in [1.29, 1.82) is 0 Å². The van der Waals surface area contributed by atoms with Crippen LogP contribution in [0.3, 0.4) is 0 Å². The summed E-state index contributed by atoms with van der Waals surface area (Å²) >= 11 is 0. The van der Waals surface area contributed by atoms with Gasteiger partial charge in [-0.15, -0.1) is 0 Å². The number of pyridine rings is 1. The summed E-state index contributed by atoms with van der Waals surface area (Å²) in [6, 6.07) is 10.4. The molecule has 18 heavy (non-hydrogen) atoms. The molecule has 0 aliphatic carbocycles. The number of hydrogen-bond donors (Lipinski definition) is 0. The second kappa shape index (κ2) is 4.45. The lowest BCUT2D eigenvalue weighted by Gasteiger charge is -2.00. The van der Waals surface area contributed by atoms with Crippen molar-refractivity contribution in [3.8, 4) is 0 Å². The zero-order valence-electron chi connectivity index (χ0n) is 10.8. The van der Waals surface area contributed by atoms with Gasteiger partial charge in [0.05, 0.1) is 11.7 Å². The maximum Gasteiger partial charge on any atom is 0.153 e. The summed E-state index contributed by atoms with van der Waals surface area (Å²) in [7, 11) is 0. The Morgan fingerprint density at radius 3 is 2.83 bits per heavy atom. The van der Waals surface area contributed by atoms with Crippen molar-refractivity contribution < 1.29 is 4.42 Å². The molecule has 0 saturated heterocycles. The van der Waals surface area contributed by atoms with E-state index in [-0.39, 0.29) is 0 Å². The van der Waals surface area contributed by atoms with Crippen LogP contribution in [0.1, 0.15) is 26.0 Å². The molecule has 0 radical (unpaired) electrons. The number of aromatic nitrogens is 1.